The summed E-state index contributed by atoms with van der Waals surface area (Å²) < 4.78 is 5.41. The molecule has 1 aliphatic carbocycles. The molecule has 0 heterocycles. The van der Waals surface area contributed by atoms with Gasteiger partial charge in [0, 0.05) is 12.8 Å². The number of carboxylic acid groups (broad SMARTS) is 1. The minimum Gasteiger partial charge on any atom is -0.481 e. The Morgan fingerprint density at radius 3 is 2.28 bits per heavy atom. The Kier molecular flexibility index (Phi) is 5.63. The number of esters is 1. The zero-order chi connectivity index (χ0) is 13.6. The Balaban J connectivity index is 2.11. The summed E-state index contributed by atoms with van der Waals surface area (Å²) in [6, 6.07) is 0. The molecule has 1 N–H and O–H groups in total. The number of carboxylic acids is 1. The van der Waals surface area contributed by atoms with Crippen molar-refractivity contribution in [3.63, 3.8) is 0 Å². The van der Waals surface area contributed by atoms with Crippen molar-refractivity contribution >= 4 is 11.9 Å². The second-order valence-corrected chi connectivity index (χ2v) is 5.95. The second kappa shape index (κ2) is 6.76. The van der Waals surface area contributed by atoms with Gasteiger partial charge in [0.15, 0.2) is 0 Å². The van der Waals surface area contributed by atoms with E-state index >= 15 is 0 Å². The van der Waals surface area contributed by atoms with Gasteiger partial charge in [0.2, 0.25) is 0 Å². The van der Waals surface area contributed by atoms with E-state index in [0.717, 1.165) is 25.7 Å². The Morgan fingerprint density at radius 1 is 1.17 bits per heavy atom. The van der Waals surface area contributed by atoms with Gasteiger partial charge in [-0.1, -0.05) is 13.8 Å². The largest absolute Gasteiger partial charge is 0.481 e. The molecule has 0 spiro atoms. The Morgan fingerprint density at radius 2 is 1.72 bits per heavy atom. The zero-order valence-electron chi connectivity index (χ0n) is 11.4. The molecule has 0 aromatic heterocycles. The van der Waals surface area contributed by atoms with Crippen LogP contribution in [0.2, 0.25) is 0 Å². The van der Waals surface area contributed by atoms with Crippen molar-refractivity contribution in [3.05, 3.63) is 0 Å². The van der Waals surface area contributed by atoms with Gasteiger partial charge in [-0.05, 0) is 43.9 Å². The number of unbranched alkanes of at least 4 members (excludes halogenated alkanes) is 1. The van der Waals surface area contributed by atoms with E-state index in [1.54, 1.807) is 0 Å². The van der Waals surface area contributed by atoms with E-state index < -0.39 is 5.97 Å². The van der Waals surface area contributed by atoms with E-state index in [-0.39, 0.29) is 18.5 Å². The van der Waals surface area contributed by atoms with Gasteiger partial charge in [-0.2, -0.15) is 0 Å². The lowest BCUT2D eigenvalue weighted by Crippen LogP contribution is -2.28. The molecule has 0 atom stereocenters. The monoisotopic (exact) mass is 256 g/mol. The molecular weight excluding hydrogens is 232 g/mol. The van der Waals surface area contributed by atoms with Crippen molar-refractivity contribution in [2.24, 2.45) is 5.41 Å². The van der Waals surface area contributed by atoms with E-state index in [1.807, 2.05) is 0 Å². The third-order valence-electron chi connectivity index (χ3n) is 3.61. The Hall–Kier alpha value is -1.06. The summed E-state index contributed by atoms with van der Waals surface area (Å²) in [7, 11) is 0. The van der Waals surface area contributed by atoms with Crippen LogP contribution < -0.4 is 0 Å². The van der Waals surface area contributed by atoms with Gasteiger partial charge in [-0.25, -0.2) is 0 Å². The second-order valence-electron chi connectivity index (χ2n) is 5.95. The highest BCUT2D eigenvalue weighted by Gasteiger charge is 2.28. The van der Waals surface area contributed by atoms with Crippen LogP contribution in [0.25, 0.3) is 0 Å². The van der Waals surface area contributed by atoms with Gasteiger partial charge in [-0.3, -0.25) is 9.59 Å². The summed E-state index contributed by atoms with van der Waals surface area (Å²) in [6.07, 6.45) is 5.80. The summed E-state index contributed by atoms with van der Waals surface area (Å²) in [6.45, 7) is 4.49. The van der Waals surface area contributed by atoms with Gasteiger partial charge in [0.05, 0.1) is 0 Å². The highest BCUT2D eigenvalue weighted by atomic mass is 16.5. The number of carbonyl (C=O) groups excluding carboxylic acids is 1. The van der Waals surface area contributed by atoms with Crippen LogP contribution in [0.4, 0.5) is 0 Å². The van der Waals surface area contributed by atoms with Gasteiger partial charge in [0.25, 0.3) is 0 Å². The first-order chi connectivity index (χ1) is 8.39. The maximum Gasteiger partial charge on any atom is 0.306 e. The van der Waals surface area contributed by atoms with Crippen LogP contribution in [0, 0.1) is 5.41 Å². The molecule has 0 aromatic rings. The van der Waals surface area contributed by atoms with Crippen LogP contribution in [0.1, 0.15) is 65.2 Å². The Bertz CT molecular complexity index is 286. The maximum atomic E-state index is 11.5. The van der Waals surface area contributed by atoms with Crippen molar-refractivity contribution in [1.82, 2.24) is 0 Å². The minimum atomic E-state index is -0.808. The topological polar surface area (TPSA) is 63.6 Å². The molecule has 1 aliphatic rings. The highest BCUT2D eigenvalue weighted by molar-refractivity contribution is 5.70. The predicted molar refractivity (Wildman–Crippen MR) is 68.2 cm³/mol. The minimum absolute atomic E-state index is 0.0741. The van der Waals surface area contributed by atoms with E-state index in [4.69, 9.17) is 9.84 Å². The zero-order valence-corrected chi connectivity index (χ0v) is 11.4. The van der Waals surface area contributed by atoms with Gasteiger partial charge in [0.1, 0.15) is 6.10 Å². The number of hydrogen-bond donors (Lipinski definition) is 1. The SMILES string of the molecule is CC1(C)CCC(OC(=O)CCCCC(=O)O)CC1. The molecule has 0 radical (unpaired) electrons. The lowest BCUT2D eigenvalue weighted by atomic mass is 9.76. The normalized spacial score (nSPS) is 19.4. The van der Waals surface area contributed by atoms with Crippen molar-refractivity contribution < 1.29 is 19.4 Å². The molecule has 0 bridgehead atoms. The summed E-state index contributed by atoms with van der Waals surface area (Å²) in [5, 5.41) is 8.47. The van der Waals surface area contributed by atoms with E-state index in [1.165, 1.54) is 0 Å². The van der Waals surface area contributed by atoms with E-state index in [0.29, 0.717) is 24.7 Å². The summed E-state index contributed by atoms with van der Waals surface area (Å²) >= 11 is 0. The third-order valence-corrected chi connectivity index (χ3v) is 3.61. The van der Waals surface area contributed by atoms with Gasteiger partial charge >= 0.3 is 11.9 Å². The summed E-state index contributed by atoms with van der Waals surface area (Å²) in [5.74, 6) is -0.983. The molecule has 104 valence electrons. The third kappa shape index (κ3) is 6.03. The number of carbonyl (C=O) groups is 2. The van der Waals surface area contributed by atoms with Crippen molar-refractivity contribution in [1.29, 1.82) is 0 Å². The molecule has 0 saturated heterocycles. The van der Waals surface area contributed by atoms with Crippen molar-refractivity contribution in [2.75, 3.05) is 0 Å². The number of hydrogen-bond acceptors (Lipinski definition) is 3. The van der Waals surface area contributed by atoms with Crippen LogP contribution in [-0.2, 0) is 14.3 Å². The molecule has 1 rings (SSSR count). The molecule has 0 amide bonds. The fourth-order valence-corrected chi connectivity index (χ4v) is 2.28. The molecule has 1 fully saturated rings. The average molecular weight is 256 g/mol. The quantitative estimate of drug-likeness (QED) is 0.585. The van der Waals surface area contributed by atoms with Crippen LogP contribution in [0.3, 0.4) is 0 Å². The first kappa shape index (κ1) is 15.0. The maximum absolute atomic E-state index is 11.5. The van der Waals surface area contributed by atoms with E-state index in [2.05, 4.69) is 13.8 Å². The molecule has 0 aromatic carbocycles. The first-order valence-electron chi connectivity index (χ1n) is 6.80. The van der Waals surface area contributed by atoms with Crippen LogP contribution in [-0.4, -0.2) is 23.1 Å². The highest BCUT2D eigenvalue weighted by Crippen LogP contribution is 2.36. The number of aliphatic carboxylic acids is 1. The van der Waals surface area contributed by atoms with E-state index in [9.17, 15) is 9.59 Å². The Labute approximate surface area is 109 Å². The molecule has 4 nitrogen and oxygen atoms in total. The van der Waals surface area contributed by atoms with Crippen molar-refractivity contribution in [2.45, 2.75) is 71.3 Å². The standard InChI is InChI=1S/C14H24O4/c1-14(2)9-7-11(8-10-14)18-13(17)6-4-3-5-12(15)16/h11H,3-10H2,1-2H3,(H,15,16). The summed E-state index contributed by atoms with van der Waals surface area (Å²) in [4.78, 5) is 21.9. The molecule has 18 heavy (non-hydrogen) atoms. The lowest BCUT2D eigenvalue weighted by molar-refractivity contribution is -0.152. The fourth-order valence-electron chi connectivity index (χ4n) is 2.28. The molecule has 0 unspecified atom stereocenters. The summed E-state index contributed by atoms with van der Waals surface area (Å²) in [5.41, 5.74) is 0.379. The van der Waals surface area contributed by atoms with Crippen LogP contribution >= 0.6 is 0 Å². The molecule has 0 aliphatic heterocycles. The smallest absolute Gasteiger partial charge is 0.306 e. The molecule has 1 saturated carbocycles. The number of ether oxygens (including phenoxy) is 1. The van der Waals surface area contributed by atoms with Crippen LogP contribution in [0.5, 0.6) is 0 Å². The van der Waals surface area contributed by atoms with Gasteiger partial charge < -0.3 is 9.84 Å². The average Bonchev–Trinajstić information content (AvgIpc) is 2.27. The van der Waals surface area contributed by atoms with Gasteiger partial charge in [-0.15, -0.1) is 0 Å². The lowest BCUT2D eigenvalue weighted by Gasteiger charge is -2.33. The molecular formula is C14H24O4. The van der Waals surface area contributed by atoms with Crippen molar-refractivity contribution in [3.8, 4) is 0 Å². The predicted octanol–water partition coefficient (Wildman–Crippen LogP) is 3.14. The molecule has 4 heteroatoms. The van der Waals surface area contributed by atoms with Crippen LogP contribution in [0.15, 0.2) is 0 Å². The number of rotatable bonds is 6. The fraction of sp³-hybridized carbons (Fsp3) is 0.857. The first-order valence-corrected chi connectivity index (χ1v) is 6.80.